The van der Waals surface area contributed by atoms with Crippen molar-refractivity contribution in [1.82, 2.24) is 5.32 Å². The Hall–Kier alpha value is -2.49. The molecule has 0 saturated heterocycles. The molecule has 0 spiro atoms. The normalized spacial score (nSPS) is 10.1. The highest BCUT2D eigenvalue weighted by atomic mass is 16.5. The number of anilines is 1. The summed E-state index contributed by atoms with van der Waals surface area (Å²) in [7, 11) is 0. The van der Waals surface area contributed by atoms with Crippen LogP contribution in [0.2, 0.25) is 0 Å². The molecule has 0 atom stereocenters. The van der Waals surface area contributed by atoms with E-state index in [0.29, 0.717) is 19.6 Å². The second-order valence-corrected chi connectivity index (χ2v) is 4.88. The van der Waals surface area contributed by atoms with Gasteiger partial charge in [-0.2, -0.15) is 0 Å². The van der Waals surface area contributed by atoms with Crippen molar-refractivity contribution in [2.75, 3.05) is 18.9 Å². The molecule has 4 nitrogen and oxygen atoms in total. The molecular weight excluding hydrogens is 264 g/mol. The molecule has 0 saturated carbocycles. The molecule has 21 heavy (non-hydrogen) atoms. The molecule has 2 aromatic carbocycles. The van der Waals surface area contributed by atoms with Gasteiger partial charge in [-0.05, 0) is 36.2 Å². The summed E-state index contributed by atoms with van der Waals surface area (Å²) in [5, 5.41) is 2.84. The number of nitrogen functional groups attached to an aromatic ring is 1. The maximum atomic E-state index is 11.7. The van der Waals surface area contributed by atoms with Gasteiger partial charge in [-0.25, -0.2) is 0 Å². The minimum absolute atomic E-state index is 0.00159. The van der Waals surface area contributed by atoms with Crippen molar-refractivity contribution in [1.29, 1.82) is 0 Å². The molecule has 4 heteroatoms. The van der Waals surface area contributed by atoms with E-state index < -0.39 is 0 Å². The first-order valence-electron chi connectivity index (χ1n) is 6.94. The van der Waals surface area contributed by atoms with E-state index in [-0.39, 0.29) is 5.91 Å². The van der Waals surface area contributed by atoms with Crippen LogP contribution in [0.15, 0.2) is 48.5 Å². The highest BCUT2D eigenvalue weighted by Crippen LogP contribution is 2.18. The predicted octanol–water partition coefficient (Wildman–Crippen LogP) is 2.31. The number of carbonyl (C=O) groups is 1. The second kappa shape index (κ2) is 7.33. The average Bonchev–Trinajstić information content (AvgIpc) is 2.48. The van der Waals surface area contributed by atoms with Crippen LogP contribution in [0.1, 0.15) is 11.1 Å². The van der Waals surface area contributed by atoms with Crippen LogP contribution in [0.3, 0.4) is 0 Å². The van der Waals surface area contributed by atoms with Crippen LogP contribution in [0.5, 0.6) is 5.75 Å². The highest BCUT2D eigenvalue weighted by Gasteiger charge is 2.02. The number of rotatable bonds is 6. The largest absolute Gasteiger partial charge is 0.492 e. The number of amides is 1. The van der Waals surface area contributed by atoms with Gasteiger partial charge in [0.1, 0.15) is 12.4 Å². The molecule has 1 amide bonds. The van der Waals surface area contributed by atoms with Gasteiger partial charge >= 0.3 is 0 Å². The summed E-state index contributed by atoms with van der Waals surface area (Å²) in [5.74, 6) is 0.761. The third-order valence-electron chi connectivity index (χ3n) is 3.14. The third-order valence-corrected chi connectivity index (χ3v) is 3.14. The first kappa shape index (κ1) is 14.9. The smallest absolute Gasteiger partial charge is 0.224 e. The SMILES string of the molecule is Cc1cc(OCCNC(=O)Cc2ccccc2)ccc1N. The van der Waals surface area contributed by atoms with Gasteiger partial charge in [0.2, 0.25) is 5.91 Å². The van der Waals surface area contributed by atoms with Crippen molar-refractivity contribution in [3.63, 3.8) is 0 Å². The van der Waals surface area contributed by atoms with Gasteiger partial charge in [-0.3, -0.25) is 4.79 Å². The molecule has 0 aromatic heterocycles. The van der Waals surface area contributed by atoms with E-state index in [1.807, 2.05) is 55.5 Å². The zero-order valence-electron chi connectivity index (χ0n) is 12.1. The number of nitrogens with two attached hydrogens (primary N) is 1. The Morgan fingerprint density at radius 2 is 1.95 bits per heavy atom. The van der Waals surface area contributed by atoms with Crippen LogP contribution < -0.4 is 15.8 Å². The average molecular weight is 284 g/mol. The molecule has 0 radical (unpaired) electrons. The van der Waals surface area contributed by atoms with Crippen molar-refractivity contribution in [3.05, 3.63) is 59.7 Å². The van der Waals surface area contributed by atoms with E-state index in [2.05, 4.69) is 5.32 Å². The molecule has 0 aliphatic rings. The Labute approximate surface area is 124 Å². The Bertz CT molecular complexity index is 597. The number of carbonyl (C=O) groups excluding carboxylic acids is 1. The molecule has 0 heterocycles. The van der Waals surface area contributed by atoms with Crippen LogP contribution in [0.25, 0.3) is 0 Å². The number of ether oxygens (including phenoxy) is 1. The molecule has 3 N–H and O–H groups in total. The lowest BCUT2D eigenvalue weighted by atomic mass is 10.1. The lowest BCUT2D eigenvalue weighted by Gasteiger charge is -2.09. The highest BCUT2D eigenvalue weighted by molar-refractivity contribution is 5.78. The van der Waals surface area contributed by atoms with Gasteiger partial charge in [-0.15, -0.1) is 0 Å². The lowest BCUT2D eigenvalue weighted by Crippen LogP contribution is -2.29. The van der Waals surface area contributed by atoms with Gasteiger partial charge in [0.05, 0.1) is 13.0 Å². The van der Waals surface area contributed by atoms with E-state index in [1.54, 1.807) is 0 Å². The Morgan fingerprint density at radius 1 is 1.19 bits per heavy atom. The fourth-order valence-electron chi connectivity index (χ4n) is 1.94. The maximum absolute atomic E-state index is 11.7. The lowest BCUT2D eigenvalue weighted by molar-refractivity contribution is -0.120. The molecule has 0 aliphatic heterocycles. The first-order valence-corrected chi connectivity index (χ1v) is 6.94. The molecule has 0 fully saturated rings. The summed E-state index contributed by atoms with van der Waals surface area (Å²) in [6.45, 7) is 2.85. The summed E-state index contributed by atoms with van der Waals surface area (Å²) in [6, 6.07) is 15.2. The van der Waals surface area contributed by atoms with Gasteiger partial charge < -0.3 is 15.8 Å². The van der Waals surface area contributed by atoms with Gasteiger partial charge in [0.25, 0.3) is 0 Å². The van der Waals surface area contributed by atoms with Gasteiger partial charge in [0, 0.05) is 5.69 Å². The minimum Gasteiger partial charge on any atom is -0.492 e. The number of nitrogens with one attached hydrogen (secondary N) is 1. The molecule has 110 valence electrons. The quantitative estimate of drug-likeness (QED) is 0.632. The summed E-state index contributed by atoms with van der Waals surface area (Å²) < 4.78 is 5.57. The number of hydrogen-bond acceptors (Lipinski definition) is 3. The molecule has 2 rings (SSSR count). The van der Waals surface area contributed by atoms with Crippen molar-refractivity contribution < 1.29 is 9.53 Å². The van der Waals surface area contributed by atoms with E-state index in [1.165, 1.54) is 0 Å². The number of hydrogen-bond donors (Lipinski definition) is 2. The molecule has 0 bridgehead atoms. The van der Waals surface area contributed by atoms with Crippen molar-refractivity contribution in [2.24, 2.45) is 0 Å². The van der Waals surface area contributed by atoms with Gasteiger partial charge in [0.15, 0.2) is 0 Å². The molecule has 2 aromatic rings. The zero-order chi connectivity index (χ0) is 15.1. The maximum Gasteiger partial charge on any atom is 0.224 e. The monoisotopic (exact) mass is 284 g/mol. The van der Waals surface area contributed by atoms with E-state index in [0.717, 1.165) is 22.6 Å². The molecule has 0 aliphatic carbocycles. The molecular formula is C17H20N2O2. The van der Waals surface area contributed by atoms with E-state index >= 15 is 0 Å². The van der Waals surface area contributed by atoms with E-state index in [4.69, 9.17) is 10.5 Å². The first-order chi connectivity index (χ1) is 10.1. The number of benzene rings is 2. The van der Waals surface area contributed by atoms with Crippen molar-refractivity contribution >= 4 is 11.6 Å². The summed E-state index contributed by atoms with van der Waals surface area (Å²) in [4.78, 5) is 11.7. The van der Waals surface area contributed by atoms with Gasteiger partial charge in [-0.1, -0.05) is 30.3 Å². The summed E-state index contributed by atoms with van der Waals surface area (Å²) >= 11 is 0. The second-order valence-electron chi connectivity index (χ2n) is 4.88. The predicted molar refractivity (Wildman–Crippen MR) is 84.2 cm³/mol. The number of aryl methyl sites for hydroxylation is 1. The van der Waals surface area contributed by atoms with Crippen LogP contribution in [0, 0.1) is 6.92 Å². The Balaban J connectivity index is 1.69. The topological polar surface area (TPSA) is 64.3 Å². The summed E-state index contributed by atoms with van der Waals surface area (Å²) in [5.41, 5.74) is 8.48. The Morgan fingerprint density at radius 3 is 2.67 bits per heavy atom. The van der Waals surface area contributed by atoms with Crippen LogP contribution >= 0.6 is 0 Å². The molecule has 0 unspecified atom stereocenters. The van der Waals surface area contributed by atoms with Crippen molar-refractivity contribution in [2.45, 2.75) is 13.3 Å². The zero-order valence-corrected chi connectivity index (χ0v) is 12.1. The van der Waals surface area contributed by atoms with Crippen LogP contribution in [-0.2, 0) is 11.2 Å². The van der Waals surface area contributed by atoms with Crippen LogP contribution in [-0.4, -0.2) is 19.1 Å². The fourth-order valence-corrected chi connectivity index (χ4v) is 1.94. The standard InChI is InChI=1S/C17H20N2O2/c1-13-11-15(7-8-16(13)18)21-10-9-19-17(20)12-14-5-3-2-4-6-14/h2-8,11H,9-10,12,18H2,1H3,(H,19,20). The fraction of sp³-hybridized carbons (Fsp3) is 0.235. The third kappa shape index (κ3) is 4.84. The van der Waals surface area contributed by atoms with Crippen LogP contribution in [0.4, 0.5) is 5.69 Å². The Kier molecular flexibility index (Phi) is 5.21. The van der Waals surface area contributed by atoms with E-state index in [9.17, 15) is 4.79 Å². The van der Waals surface area contributed by atoms with Crippen molar-refractivity contribution in [3.8, 4) is 5.75 Å². The summed E-state index contributed by atoms with van der Waals surface area (Å²) in [6.07, 6.45) is 0.391. The minimum atomic E-state index is -0.00159.